The molecule has 0 saturated heterocycles. The number of fused-ring (bicyclic) bond motifs is 1. The molecule has 5 rings (SSSR count). The van der Waals surface area contributed by atoms with Crippen molar-refractivity contribution in [2.24, 2.45) is 15.6 Å². The van der Waals surface area contributed by atoms with Crippen LogP contribution in [0.3, 0.4) is 0 Å². The van der Waals surface area contributed by atoms with Gasteiger partial charge < -0.3 is 5.32 Å². The van der Waals surface area contributed by atoms with Crippen molar-refractivity contribution in [2.45, 2.75) is 64.7 Å². The van der Waals surface area contributed by atoms with Crippen molar-refractivity contribution in [1.82, 2.24) is 10.3 Å². The number of carbonyl (C=O) groups excluding carboxylic acids is 1. The van der Waals surface area contributed by atoms with E-state index >= 15 is 0 Å². The number of hydrogen-bond donors (Lipinski definition) is 1. The lowest BCUT2D eigenvalue weighted by Crippen LogP contribution is -2.52. The van der Waals surface area contributed by atoms with Gasteiger partial charge in [-0.3, -0.25) is 9.78 Å². The molecule has 2 atom stereocenters. The number of ketones is 1. The van der Waals surface area contributed by atoms with E-state index in [4.69, 9.17) is 0 Å². The first kappa shape index (κ1) is 23.5. The first-order valence-corrected chi connectivity index (χ1v) is 11.8. The number of nitrogens with one attached hydrogen (secondary N) is 1. The molecule has 2 aliphatic heterocycles. The van der Waals surface area contributed by atoms with Crippen LogP contribution in [0.15, 0.2) is 75.4 Å². The third-order valence-electron chi connectivity index (χ3n) is 7.26. The lowest BCUT2D eigenvalue weighted by Gasteiger charge is -2.48. The van der Waals surface area contributed by atoms with E-state index in [1.165, 1.54) is 0 Å². The van der Waals surface area contributed by atoms with Crippen molar-refractivity contribution < 1.29 is 18.0 Å². The molecule has 8 heteroatoms. The Bertz CT molecular complexity index is 1320. The number of halogens is 3. The first-order valence-electron chi connectivity index (χ1n) is 11.8. The van der Waals surface area contributed by atoms with Gasteiger partial charge >= 0.3 is 6.18 Å². The van der Waals surface area contributed by atoms with E-state index in [-0.39, 0.29) is 29.6 Å². The second-order valence-electron chi connectivity index (χ2n) is 10.3. The summed E-state index contributed by atoms with van der Waals surface area (Å²) in [7, 11) is 0. The summed E-state index contributed by atoms with van der Waals surface area (Å²) in [6, 6.07) is 11.3. The molecular weight excluding hydrogens is 453 g/mol. The number of alkyl halides is 3. The van der Waals surface area contributed by atoms with Crippen LogP contribution in [0, 0.1) is 12.3 Å². The van der Waals surface area contributed by atoms with Gasteiger partial charge in [-0.1, -0.05) is 39.0 Å². The third-order valence-corrected chi connectivity index (χ3v) is 7.26. The molecule has 3 aliphatic rings. The predicted molar refractivity (Wildman–Crippen MR) is 126 cm³/mol. The topological polar surface area (TPSA) is 66.7 Å². The smallest absolute Gasteiger partial charge is 0.362 e. The number of pyridine rings is 1. The maximum absolute atomic E-state index is 14.2. The fraction of sp³-hybridized carbons (Fsp3) is 0.407. The lowest BCUT2D eigenvalue weighted by molar-refractivity contribution is -0.119. The van der Waals surface area contributed by atoms with Gasteiger partial charge in [-0.15, -0.1) is 5.11 Å². The standard InChI is InChI=1S/C27H27F3N4O/c1-5-26(18-8-6-7-16(12-18)17-9-10-31-15(2)11-17)21-19(13-25(3,4)14-20(21)35)32-24-22(26)23(33-34-24)27(28,29)30/h6-12,24,32H,5,13-14H2,1-4H3/t24?,26-/m0/s1. The van der Waals surface area contributed by atoms with Crippen molar-refractivity contribution in [3.63, 3.8) is 0 Å². The Balaban J connectivity index is 1.82. The summed E-state index contributed by atoms with van der Waals surface area (Å²) in [5.41, 5.74) is 1.75. The second-order valence-corrected chi connectivity index (χ2v) is 10.3. The third kappa shape index (κ3) is 3.70. The molecule has 0 spiro atoms. The average molecular weight is 481 g/mol. The molecule has 0 saturated carbocycles. The molecule has 1 unspecified atom stereocenters. The van der Waals surface area contributed by atoms with Gasteiger partial charge in [0.15, 0.2) is 17.6 Å². The van der Waals surface area contributed by atoms with Crippen molar-refractivity contribution in [1.29, 1.82) is 0 Å². The van der Waals surface area contributed by atoms with E-state index in [2.05, 4.69) is 20.5 Å². The zero-order valence-electron chi connectivity index (χ0n) is 20.1. The monoisotopic (exact) mass is 480 g/mol. The van der Waals surface area contributed by atoms with Crippen molar-refractivity contribution in [3.05, 3.63) is 76.4 Å². The molecule has 1 N–H and O–H groups in total. The quantitative estimate of drug-likeness (QED) is 0.541. The molecule has 182 valence electrons. The molecule has 1 aliphatic carbocycles. The zero-order chi connectivity index (χ0) is 25.2. The van der Waals surface area contributed by atoms with E-state index in [1.54, 1.807) is 6.20 Å². The van der Waals surface area contributed by atoms with Gasteiger partial charge in [-0.2, -0.15) is 18.3 Å². The van der Waals surface area contributed by atoms with E-state index in [1.807, 2.05) is 64.1 Å². The van der Waals surface area contributed by atoms with Gasteiger partial charge in [-0.05, 0) is 60.1 Å². The summed E-state index contributed by atoms with van der Waals surface area (Å²) in [5.74, 6) is -0.130. The number of aromatic nitrogens is 1. The maximum atomic E-state index is 14.2. The minimum absolute atomic E-state index is 0.0161. The van der Waals surface area contributed by atoms with Crippen LogP contribution in [0.2, 0.25) is 0 Å². The van der Waals surface area contributed by atoms with E-state index in [0.29, 0.717) is 23.3 Å². The predicted octanol–water partition coefficient (Wildman–Crippen LogP) is 6.56. The number of hydrogen-bond acceptors (Lipinski definition) is 5. The minimum atomic E-state index is -4.69. The number of rotatable bonds is 3. The lowest BCUT2D eigenvalue weighted by atomic mass is 9.58. The zero-order valence-corrected chi connectivity index (χ0v) is 20.1. The van der Waals surface area contributed by atoms with Crippen LogP contribution >= 0.6 is 0 Å². The summed E-state index contributed by atoms with van der Waals surface area (Å²) >= 11 is 0. The summed E-state index contributed by atoms with van der Waals surface area (Å²) in [4.78, 5) is 17.9. The maximum Gasteiger partial charge on any atom is 0.435 e. The van der Waals surface area contributed by atoms with Crippen molar-refractivity contribution >= 4 is 5.78 Å². The fourth-order valence-electron chi connectivity index (χ4n) is 5.90. The minimum Gasteiger partial charge on any atom is -0.362 e. The van der Waals surface area contributed by atoms with Crippen LogP contribution in [0.25, 0.3) is 11.1 Å². The highest BCUT2D eigenvalue weighted by Crippen LogP contribution is 2.56. The number of aryl methyl sites for hydroxylation is 1. The number of allylic oxidation sites excluding steroid dienone is 3. The molecule has 35 heavy (non-hydrogen) atoms. The Kier molecular flexibility index (Phi) is 5.27. The average Bonchev–Trinajstić information content (AvgIpc) is 3.21. The Morgan fingerprint density at radius 1 is 1.11 bits per heavy atom. The van der Waals surface area contributed by atoms with Crippen LogP contribution in [0.4, 0.5) is 13.2 Å². The van der Waals surface area contributed by atoms with E-state index in [9.17, 15) is 18.0 Å². The van der Waals surface area contributed by atoms with Crippen LogP contribution in [-0.2, 0) is 10.2 Å². The molecule has 0 radical (unpaired) electrons. The van der Waals surface area contributed by atoms with Crippen molar-refractivity contribution in [2.75, 3.05) is 0 Å². The molecule has 0 amide bonds. The normalized spacial score (nSPS) is 25.5. The van der Waals surface area contributed by atoms with Gasteiger partial charge in [0.2, 0.25) is 0 Å². The molecule has 2 aromatic rings. The molecule has 1 aromatic heterocycles. The van der Waals surface area contributed by atoms with Gasteiger partial charge in [0.1, 0.15) is 0 Å². The number of carbonyl (C=O) groups is 1. The fourth-order valence-corrected chi connectivity index (χ4v) is 5.90. The molecule has 0 fully saturated rings. The highest BCUT2D eigenvalue weighted by Gasteiger charge is 2.57. The van der Waals surface area contributed by atoms with Crippen LogP contribution in [-0.4, -0.2) is 23.1 Å². The van der Waals surface area contributed by atoms with Gasteiger partial charge in [-0.25, -0.2) is 0 Å². The van der Waals surface area contributed by atoms with Gasteiger partial charge in [0.05, 0.1) is 5.41 Å². The second kappa shape index (κ2) is 7.86. The Hall–Kier alpha value is -3.29. The van der Waals surface area contributed by atoms with Crippen LogP contribution < -0.4 is 5.32 Å². The molecular formula is C27H27F3N4O. The molecule has 5 nitrogen and oxygen atoms in total. The summed E-state index contributed by atoms with van der Waals surface area (Å²) in [5, 5.41) is 10.7. The highest BCUT2D eigenvalue weighted by atomic mass is 19.4. The number of nitrogens with zero attached hydrogens (tertiary/aromatic N) is 3. The number of benzene rings is 1. The Morgan fingerprint density at radius 3 is 2.54 bits per heavy atom. The first-order chi connectivity index (χ1) is 16.5. The molecule has 3 heterocycles. The van der Waals surface area contributed by atoms with Gasteiger partial charge in [0, 0.05) is 35.2 Å². The summed E-state index contributed by atoms with van der Waals surface area (Å²) < 4.78 is 42.6. The SMILES string of the molecule is CC[C@]1(c2cccc(-c3ccnc(C)c3)c2)C2=C(CC(C)(C)CC2=O)NC2N=NC(C(F)(F)F)=C21. The Labute approximate surface area is 202 Å². The van der Waals surface area contributed by atoms with Crippen LogP contribution in [0.5, 0.6) is 0 Å². The summed E-state index contributed by atoms with van der Waals surface area (Å²) in [6.45, 7) is 7.72. The van der Waals surface area contributed by atoms with Crippen LogP contribution in [0.1, 0.15) is 51.3 Å². The largest absolute Gasteiger partial charge is 0.435 e. The molecule has 0 bridgehead atoms. The highest BCUT2D eigenvalue weighted by molar-refractivity contribution is 6.01. The van der Waals surface area contributed by atoms with Gasteiger partial charge in [0.25, 0.3) is 0 Å². The molecule has 1 aromatic carbocycles. The Morgan fingerprint density at radius 2 is 1.86 bits per heavy atom. The van der Waals surface area contributed by atoms with E-state index < -0.39 is 23.5 Å². The number of azo groups is 1. The van der Waals surface area contributed by atoms with Crippen molar-refractivity contribution in [3.8, 4) is 11.1 Å². The van der Waals surface area contributed by atoms with E-state index in [0.717, 1.165) is 16.8 Å². The summed E-state index contributed by atoms with van der Waals surface area (Å²) in [6.07, 6.45) is -2.84. The number of Topliss-reactive ketones (excluding diaryl/α,β-unsaturated/α-hetero) is 1.